The van der Waals surface area contributed by atoms with E-state index in [9.17, 15) is 22.7 Å². The summed E-state index contributed by atoms with van der Waals surface area (Å²) >= 11 is 0. The van der Waals surface area contributed by atoms with Crippen LogP contribution in [0.25, 0.3) is 15.7 Å². The zero-order valence-corrected chi connectivity index (χ0v) is 20.3. The van der Waals surface area contributed by atoms with Crippen LogP contribution < -0.4 is 4.74 Å². The van der Waals surface area contributed by atoms with Gasteiger partial charge in [-0.25, -0.2) is 19.4 Å². The molecule has 4 rings (SSSR count). The summed E-state index contributed by atoms with van der Waals surface area (Å²) in [5.41, 5.74) is -0.804. The normalized spacial score (nSPS) is 20.9. The predicted octanol–water partition coefficient (Wildman–Crippen LogP) is 3.86. The zero-order chi connectivity index (χ0) is 25.5. The van der Waals surface area contributed by atoms with E-state index < -0.39 is 33.5 Å². The largest absolute Gasteiger partial charge is 0.491 e. The molecular weight excluding hydrogens is 475 g/mol. The average molecular weight is 501 g/mol. The van der Waals surface area contributed by atoms with E-state index in [-0.39, 0.29) is 36.1 Å². The van der Waals surface area contributed by atoms with Crippen LogP contribution in [0, 0.1) is 12.4 Å². The van der Waals surface area contributed by atoms with Gasteiger partial charge >= 0.3 is 11.6 Å². The lowest BCUT2D eigenvalue weighted by Gasteiger charge is -2.23. The number of aliphatic carboxylic acids is 1. The summed E-state index contributed by atoms with van der Waals surface area (Å²) in [6.07, 6.45) is -0.333. The minimum atomic E-state index is -4.06. The van der Waals surface area contributed by atoms with Crippen LogP contribution in [0.3, 0.4) is 0 Å². The molecule has 3 aromatic rings. The summed E-state index contributed by atoms with van der Waals surface area (Å²) < 4.78 is 49.4. The van der Waals surface area contributed by atoms with Crippen LogP contribution in [0.1, 0.15) is 38.9 Å². The smallest absolute Gasteiger partial charge is 0.309 e. The summed E-state index contributed by atoms with van der Waals surface area (Å²) in [7, 11) is -4.06. The molecule has 184 valence electrons. The molecule has 2 heterocycles. The molecule has 0 bridgehead atoms. The lowest BCUT2D eigenvalue weighted by molar-refractivity contribution is -0.136. The summed E-state index contributed by atoms with van der Waals surface area (Å²) in [6, 6.07) is 9.34. The monoisotopic (exact) mass is 500 g/mol. The van der Waals surface area contributed by atoms with Crippen molar-refractivity contribution in [3.63, 3.8) is 0 Å². The number of sulfonamides is 1. The molecule has 11 heteroatoms. The first kappa shape index (κ1) is 24.6. The number of halogens is 1. The van der Waals surface area contributed by atoms with Crippen molar-refractivity contribution in [3.05, 3.63) is 65.4 Å². The highest BCUT2D eigenvalue weighted by atomic mass is 32.2. The predicted molar refractivity (Wildman–Crippen MR) is 126 cm³/mol. The number of carboxylic acids is 1. The number of hydrogen-bond donors (Lipinski definition) is 1. The third-order valence-corrected chi connectivity index (χ3v) is 7.96. The van der Waals surface area contributed by atoms with E-state index in [0.717, 1.165) is 4.31 Å². The minimum Gasteiger partial charge on any atom is -0.491 e. The lowest BCUT2D eigenvalue weighted by atomic mass is 10.1. The van der Waals surface area contributed by atoms with E-state index in [0.29, 0.717) is 16.7 Å². The molecule has 1 N–H and O–H groups in total. The lowest BCUT2D eigenvalue weighted by Crippen LogP contribution is -2.42. The highest BCUT2D eigenvalue weighted by Crippen LogP contribution is 2.42. The molecule has 0 unspecified atom stereocenters. The Morgan fingerprint density at radius 3 is 2.60 bits per heavy atom. The Balaban J connectivity index is 1.73. The molecule has 0 amide bonds. The fourth-order valence-electron chi connectivity index (χ4n) is 4.44. The summed E-state index contributed by atoms with van der Waals surface area (Å²) in [6.45, 7) is 12.9. The van der Waals surface area contributed by atoms with Crippen LogP contribution in [0.15, 0.2) is 47.4 Å². The van der Waals surface area contributed by atoms with Crippen molar-refractivity contribution >= 4 is 26.9 Å². The number of carbonyl (C=O) groups is 1. The standard InChI is InChI=1S/C24H25FN4O5S/c1-15(2)34-18-6-8-19(9-7-18)35(32,33)28-14-17(13-24(28,3)26-4)29-22-11-16(25)5-10-20(22)21(27-29)12-23(30)31/h5-11,15,17H,12-14H2,1-3H3,(H,30,31)/t17-,24+/m1/s1. The number of benzene rings is 2. The molecular formula is C24H25FN4O5S. The Bertz CT molecular complexity index is 1430. The van der Waals surface area contributed by atoms with Gasteiger partial charge in [-0.05, 0) is 56.3 Å². The molecule has 0 saturated carbocycles. The van der Waals surface area contributed by atoms with Gasteiger partial charge in [0.2, 0.25) is 10.0 Å². The van der Waals surface area contributed by atoms with Crippen LogP contribution in [0.2, 0.25) is 0 Å². The minimum absolute atomic E-state index is 0.0204. The Hall–Kier alpha value is -3.49. The van der Waals surface area contributed by atoms with Crippen molar-refractivity contribution in [1.29, 1.82) is 0 Å². The maximum atomic E-state index is 14.1. The molecule has 2 atom stereocenters. The van der Waals surface area contributed by atoms with Gasteiger partial charge in [0.25, 0.3) is 0 Å². The maximum absolute atomic E-state index is 14.1. The highest BCUT2D eigenvalue weighted by molar-refractivity contribution is 7.89. The van der Waals surface area contributed by atoms with Crippen molar-refractivity contribution in [2.24, 2.45) is 0 Å². The molecule has 0 spiro atoms. The summed E-state index contributed by atoms with van der Waals surface area (Å²) in [5.74, 6) is -1.09. The van der Waals surface area contributed by atoms with Gasteiger partial charge in [-0.1, -0.05) is 0 Å². The van der Waals surface area contributed by atoms with E-state index in [2.05, 4.69) is 9.94 Å². The highest BCUT2D eigenvalue weighted by Gasteiger charge is 2.55. The van der Waals surface area contributed by atoms with Gasteiger partial charge in [0.1, 0.15) is 11.6 Å². The molecule has 2 aromatic carbocycles. The number of ether oxygens (including phenoxy) is 1. The first-order valence-electron chi connectivity index (χ1n) is 11.0. The van der Waals surface area contributed by atoms with Gasteiger partial charge < -0.3 is 9.84 Å². The molecule has 0 radical (unpaired) electrons. The van der Waals surface area contributed by atoms with Crippen LogP contribution in [-0.4, -0.2) is 51.9 Å². The molecule has 1 saturated heterocycles. The van der Waals surface area contributed by atoms with E-state index in [1.165, 1.54) is 41.9 Å². The van der Waals surface area contributed by atoms with Crippen molar-refractivity contribution in [2.45, 2.75) is 56.3 Å². The summed E-state index contributed by atoms with van der Waals surface area (Å²) in [5, 5.41) is 14.1. The first-order valence-corrected chi connectivity index (χ1v) is 12.5. The van der Waals surface area contributed by atoms with Crippen molar-refractivity contribution in [1.82, 2.24) is 14.1 Å². The number of hydrogen-bond acceptors (Lipinski definition) is 5. The van der Waals surface area contributed by atoms with Crippen LogP contribution >= 0.6 is 0 Å². The van der Waals surface area contributed by atoms with Gasteiger partial charge in [0.05, 0.1) is 41.1 Å². The van der Waals surface area contributed by atoms with Crippen LogP contribution in [-0.2, 0) is 21.2 Å². The number of rotatable bonds is 7. The van der Waals surface area contributed by atoms with Gasteiger partial charge in [-0.15, -0.1) is 4.31 Å². The summed E-state index contributed by atoms with van der Waals surface area (Å²) in [4.78, 5) is 15.0. The van der Waals surface area contributed by atoms with E-state index in [4.69, 9.17) is 11.3 Å². The first-order chi connectivity index (χ1) is 16.4. The zero-order valence-electron chi connectivity index (χ0n) is 19.5. The molecule has 1 aliphatic rings. The SMILES string of the molecule is [C-]#[N+][C@]1(C)C[C@@H](n2nc(CC(=O)O)c3ccc(F)cc32)CN1S(=O)(=O)c1ccc(OC(C)C)cc1. The van der Waals surface area contributed by atoms with Crippen molar-refractivity contribution < 1.29 is 27.4 Å². The van der Waals surface area contributed by atoms with Crippen LogP contribution in [0.4, 0.5) is 4.39 Å². The fourth-order valence-corrected chi connectivity index (χ4v) is 6.18. The third kappa shape index (κ3) is 4.59. The van der Waals surface area contributed by atoms with Crippen molar-refractivity contribution in [3.8, 4) is 5.75 Å². The van der Waals surface area contributed by atoms with Crippen LogP contribution in [0.5, 0.6) is 5.75 Å². The maximum Gasteiger partial charge on any atom is 0.309 e. The number of carboxylic acid groups (broad SMARTS) is 1. The molecule has 35 heavy (non-hydrogen) atoms. The van der Waals surface area contributed by atoms with Gasteiger partial charge in [-0.2, -0.15) is 5.10 Å². The number of nitrogens with zero attached hydrogens (tertiary/aromatic N) is 4. The van der Waals surface area contributed by atoms with E-state index in [1.807, 2.05) is 13.8 Å². The third-order valence-electron chi connectivity index (χ3n) is 5.97. The topological polar surface area (TPSA) is 106 Å². The Kier molecular flexibility index (Phi) is 6.29. The van der Waals surface area contributed by atoms with Gasteiger partial charge in [0, 0.05) is 18.9 Å². The van der Waals surface area contributed by atoms with Gasteiger partial charge in [-0.3, -0.25) is 14.3 Å². The molecule has 0 aliphatic carbocycles. The Labute approximate surface area is 202 Å². The molecule has 1 aliphatic heterocycles. The number of aromatic nitrogens is 2. The quantitative estimate of drug-likeness (QED) is 0.494. The second kappa shape index (κ2) is 8.94. The second-order valence-electron chi connectivity index (χ2n) is 8.98. The fraction of sp³-hybridized carbons (Fsp3) is 0.375. The van der Waals surface area contributed by atoms with Crippen molar-refractivity contribution in [2.75, 3.05) is 6.54 Å². The van der Waals surface area contributed by atoms with E-state index >= 15 is 0 Å². The Morgan fingerprint density at radius 1 is 1.31 bits per heavy atom. The Morgan fingerprint density at radius 2 is 2.00 bits per heavy atom. The number of fused-ring (bicyclic) bond motifs is 1. The second-order valence-corrected chi connectivity index (χ2v) is 10.8. The van der Waals surface area contributed by atoms with E-state index in [1.54, 1.807) is 12.1 Å². The molecule has 1 aromatic heterocycles. The molecule has 9 nitrogen and oxygen atoms in total. The van der Waals surface area contributed by atoms with Gasteiger partial charge in [0.15, 0.2) is 0 Å². The average Bonchev–Trinajstić information content (AvgIpc) is 3.31. The molecule has 1 fully saturated rings.